The first-order valence-corrected chi connectivity index (χ1v) is 19.9. The molecule has 3 N–H and O–H groups in total. The zero-order chi connectivity index (χ0) is 42.6. The summed E-state index contributed by atoms with van der Waals surface area (Å²) in [5, 5.41) is 17.2. The number of hydrogen-bond donors (Lipinski definition) is 3. The number of hydrogen-bond acceptors (Lipinski definition) is 12. The number of fused-ring (bicyclic) bond motifs is 2. The Morgan fingerprint density at radius 3 is 2.17 bits per heavy atom. The van der Waals surface area contributed by atoms with Crippen LogP contribution in [0.25, 0.3) is 0 Å². The standard InChI is InChI=1S/C43H58FN3O11/c1-26-12-17-33(43-38(57-29(4)50)36(55-27(2)48)37(56-28(3)49)42(58-43,25-54-43)41(7,8)53)23-32(26)22-31-15-13-30(14-16-31)10-9-11-35(51)46-40(5,6)39(52)45-19-21-47-20-18-34(44)24-47/h12-17,23,34,36-38,53H,9-11,18-22,24-25H2,1-8H3,(H,45,52)(H,46,51)/t34-,36+,37+,38-,42+,43+/m1/s1. The molecule has 2 bridgehead atoms. The molecule has 0 aromatic heterocycles. The Morgan fingerprint density at radius 2 is 1.57 bits per heavy atom. The second kappa shape index (κ2) is 17.8. The van der Waals surface area contributed by atoms with Crippen molar-refractivity contribution < 1.29 is 57.2 Å². The number of amides is 2. The van der Waals surface area contributed by atoms with Gasteiger partial charge in [0.15, 0.2) is 17.8 Å². The van der Waals surface area contributed by atoms with E-state index >= 15 is 0 Å². The van der Waals surface area contributed by atoms with Gasteiger partial charge in [-0.2, -0.15) is 0 Å². The number of nitrogens with zero attached hydrogens (tertiary/aromatic N) is 1. The molecule has 0 radical (unpaired) electrons. The van der Waals surface area contributed by atoms with Crippen molar-refractivity contribution in [3.63, 3.8) is 0 Å². The first-order valence-electron chi connectivity index (χ1n) is 19.9. The minimum Gasteiger partial charge on any atom is -0.455 e. The molecule has 0 saturated carbocycles. The highest BCUT2D eigenvalue weighted by Crippen LogP contribution is 2.56. The molecule has 3 saturated heterocycles. The summed E-state index contributed by atoms with van der Waals surface area (Å²) in [7, 11) is 0. The Kier molecular flexibility index (Phi) is 13.7. The third kappa shape index (κ3) is 10.0. The average molecular weight is 812 g/mol. The lowest BCUT2D eigenvalue weighted by Gasteiger charge is -2.52. The number of likely N-dealkylation sites (tertiary alicyclic amines) is 1. The maximum Gasteiger partial charge on any atom is 0.303 e. The van der Waals surface area contributed by atoms with Crippen molar-refractivity contribution in [2.24, 2.45) is 0 Å². The van der Waals surface area contributed by atoms with Gasteiger partial charge in [-0.3, -0.25) is 28.9 Å². The summed E-state index contributed by atoms with van der Waals surface area (Å²) in [4.78, 5) is 64.9. The molecule has 2 amide bonds. The van der Waals surface area contributed by atoms with Crippen molar-refractivity contribution in [2.75, 3.05) is 32.8 Å². The number of aliphatic hydroxyl groups is 1. The molecule has 58 heavy (non-hydrogen) atoms. The number of esters is 3. The zero-order valence-corrected chi connectivity index (χ0v) is 34.8. The monoisotopic (exact) mass is 811 g/mol. The zero-order valence-electron chi connectivity index (χ0n) is 34.8. The molecule has 2 aromatic carbocycles. The van der Waals surface area contributed by atoms with E-state index in [1.54, 1.807) is 19.9 Å². The Labute approximate surface area is 339 Å². The quantitative estimate of drug-likeness (QED) is 0.166. The number of rotatable bonds is 16. The van der Waals surface area contributed by atoms with E-state index in [-0.39, 0.29) is 24.8 Å². The molecule has 3 aliphatic rings. The molecule has 0 spiro atoms. The summed E-state index contributed by atoms with van der Waals surface area (Å²) in [6, 6.07) is 13.5. The fraction of sp³-hybridized carbons (Fsp3) is 0.605. The molecule has 318 valence electrons. The van der Waals surface area contributed by atoms with E-state index in [9.17, 15) is 33.5 Å². The van der Waals surface area contributed by atoms with Crippen molar-refractivity contribution in [2.45, 2.75) is 135 Å². The maximum atomic E-state index is 13.4. The highest BCUT2D eigenvalue weighted by atomic mass is 19.1. The van der Waals surface area contributed by atoms with Crippen molar-refractivity contribution >= 4 is 29.7 Å². The molecule has 3 heterocycles. The van der Waals surface area contributed by atoms with Crippen LogP contribution in [0.15, 0.2) is 42.5 Å². The molecule has 5 rings (SSSR count). The minimum absolute atomic E-state index is 0.226. The van der Waals surface area contributed by atoms with E-state index in [1.807, 2.05) is 48.2 Å². The van der Waals surface area contributed by atoms with Crippen molar-refractivity contribution in [3.8, 4) is 0 Å². The third-order valence-corrected chi connectivity index (χ3v) is 11.2. The summed E-state index contributed by atoms with van der Waals surface area (Å²) in [6.07, 6.45) is -2.55. The highest BCUT2D eigenvalue weighted by molar-refractivity contribution is 5.90. The summed E-state index contributed by atoms with van der Waals surface area (Å²) in [5.41, 5.74) is -0.190. The van der Waals surface area contributed by atoms with Gasteiger partial charge in [-0.25, -0.2) is 4.39 Å². The topological polar surface area (TPSA) is 179 Å². The van der Waals surface area contributed by atoms with Gasteiger partial charge in [-0.1, -0.05) is 36.4 Å². The molecular weight excluding hydrogens is 753 g/mol. The van der Waals surface area contributed by atoms with Gasteiger partial charge in [0.2, 0.25) is 23.7 Å². The number of alkyl halides is 1. The molecule has 0 aliphatic carbocycles. The van der Waals surface area contributed by atoms with E-state index in [0.29, 0.717) is 57.4 Å². The van der Waals surface area contributed by atoms with Crippen LogP contribution < -0.4 is 10.6 Å². The lowest BCUT2D eigenvalue weighted by atomic mass is 9.74. The smallest absolute Gasteiger partial charge is 0.303 e. The van der Waals surface area contributed by atoms with Gasteiger partial charge in [-0.05, 0) is 88.6 Å². The summed E-state index contributed by atoms with van der Waals surface area (Å²) >= 11 is 0. The Hall–Kier alpha value is -4.44. The lowest BCUT2D eigenvalue weighted by molar-refractivity contribution is -0.350. The van der Waals surface area contributed by atoms with Gasteiger partial charge in [0.1, 0.15) is 11.7 Å². The summed E-state index contributed by atoms with van der Waals surface area (Å²) in [6.45, 7) is 13.5. The second-order valence-corrected chi connectivity index (χ2v) is 16.7. The molecule has 14 nitrogen and oxygen atoms in total. The van der Waals surface area contributed by atoms with E-state index in [0.717, 1.165) is 22.3 Å². The van der Waals surface area contributed by atoms with Gasteiger partial charge < -0.3 is 39.4 Å². The normalized spacial score (nSPS) is 25.8. The predicted molar refractivity (Wildman–Crippen MR) is 209 cm³/mol. The van der Waals surface area contributed by atoms with Crippen molar-refractivity contribution in [1.82, 2.24) is 15.5 Å². The van der Waals surface area contributed by atoms with Gasteiger partial charge in [-0.15, -0.1) is 0 Å². The molecule has 6 atom stereocenters. The second-order valence-electron chi connectivity index (χ2n) is 16.7. The minimum atomic E-state index is -1.85. The first-order chi connectivity index (χ1) is 27.2. The Balaban J connectivity index is 1.25. The summed E-state index contributed by atoms with van der Waals surface area (Å²) in [5.74, 6) is -4.55. The van der Waals surface area contributed by atoms with Gasteiger partial charge >= 0.3 is 17.9 Å². The van der Waals surface area contributed by atoms with Crippen LogP contribution in [0.4, 0.5) is 4.39 Å². The SMILES string of the molecule is CC(=O)O[C@@H]1[C@@H](OC(C)=O)[C@@]2(c3ccc(C)c(Cc4ccc(CCCC(=O)NC(C)(C)C(=O)NCCN5CC[C@@H](F)C5)cc4)c3)OC[C@](C(C)(C)O)(O2)[C@H]1OC(C)=O. The third-order valence-electron chi connectivity index (χ3n) is 11.2. The van der Waals surface area contributed by atoms with Crippen LogP contribution >= 0.6 is 0 Å². The Morgan fingerprint density at radius 1 is 0.931 bits per heavy atom. The van der Waals surface area contributed by atoms with E-state index in [4.69, 9.17) is 23.7 Å². The predicted octanol–water partition coefficient (Wildman–Crippen LogP) is 3.48. The van der Waals surface area contributed by atoms with Crippen LogP contribution in [0.1, 0.15) is 95.5 Å². The van der Waals surface area contributed by atoms with Crippen molar-refractivity contribution in [3.05, 3.63) is 70.3 Å². The number of aryl methyl sites for hydroxylation is 2. The fourth-order valence-electron chi connectivity index (χ4n) is 7.98. The van der Waals surface area contributed by atoms with Crippen LogP contribution in [0.3, 0.4) is 0 Å². The first kappa shape index (κ1) is 44.7. The van der Waals surface area contributed by atoms with E-state index < -0.39 is 64.9 Å². The molecule has 15 heteroatoms. The van der Waals surface area contributed by atoms with Gasteiger partial charge in [0, 0.05) is 58.9 Å². The van der Waals surface area contributed by atoms with Crippen LogP contribution in [-0.2, 0) is 66.3 Å². The molecule has 0 unspecified atom stereocenters. The number of carbonyl (C=O) groups is 5. The molecule has 3 fully saturated rings. The largest absolute Gasteiger partial charge is 0.455 e. The average Bonchev–Trinajstić information content (AvgIpc) is 3.72. The van der Waals surface area contributed by atoms with Gasteiger partial charge in [0.05, 0.1) is 12.2 Å². The van der Waals surface area contributed by atoms with Crippen LogP contribution in [0, 0.1) is 6.92 Å². The van der Waals surface area contributed by atoms with E-state index in [1.165, 1.54) is 34.6 Å². The van der Waals surface area contributed by atoms with Crippen LogP contribution in [0.5, 0.6) is 0 Å². The maximum absolute atomic E-state index is 13.4. The van der Waals surface area contributed by atoms with Crippen molar-refractivity contribution in [1.29, 1.82) is 0 Å². The number of nitrogens with one attached hydrogen (secondary N) is 2. The molecular formula is C43H58FN3O11. The van der Waals surface area contributed by atoms with Gasteiger partial charge in [0.25, 0.3) is 0 Å². The molecule has 3 aliphatic heterocycles. The highest BCUT2D eigenvalue weighted by Gasteiger charge is 2.75. The number of ether oxygens (including phenoxy) is 5. The van der Waals surface area contributed by atoms with Crippen LogP contribution in [-0.4, -0.2) is 114 Å². The number of carbonyl (C=O) groups excluding carboxylic acids is 5. The van der Waals surface area contributed by atoms with Crippen LogP contribution in [0.2, 0.25) is 0 Å². The number of benzene rings is 2. The Bertz CT molecular complexity index is 1850. The van der Waals surface area contributed by atoms with E-state index in [2.05, 4.69) is 10.6 Å². The number of halogens is 1. The molecule has 2 aromatic rings. The summed E-state index contributed by atoms with van der Waals surface area (Å²) < 4.78 is 43.7. The lowest BCUT2D eigenvalue weighted by Crippen LogP contribution is -2.72. The fourth-order valence-corrected chi connectivity index (χ4v) is 7.98.